The lowest BCUT2D eigenvalue weighted by atomic mass is 10.1. The Bertz CT molecular complexity index is 227. The Labute approximate surface area is 91.8 Å². The lowest BCUT2D eigenvalue weighted by Crippen LogP contribution is -2.18. The highest BCUT2D eigenvalue weighted by Crippen LogP contribution is 2.23. The van der Waals surface area contributed by atoms with Crippen molar-refractivity contribution < 1.29 is 9.59 Å². The molecule has 1 fully saturated rings. The molecule has 0 aromatic rings. The van der Waals surface area contributed by atoms with Crippen molar-refractivity contribution in [1.82, 2.24) is 3.11 Å². The van der Waals surface area contributed by atoms with Crippen molar-refractivity contribution >= 4 is 57.3 Å². The van der Waals surface area contributed by atoms with Crippen molar-refractivity contribution in [3.05, 3.63) is 10.2 Å². The van der Waals surface area contributed by atoms with Gasteiger partial charge in [-0.15, -0.1) is 0 Å². The number of hydrogen-bond donors (Lipinski definition) is 0. The Morgan fingerprint density at radius 3 is 2.55 bits per heavy atom. The highest BCUT2D eigenvalue weighted by atomic mass is 127. The highest BCUT2D eigenvalue weighted by molar-refractivity contribution is 14.1. The summed E-state index contributed by atoms with van der Waals surface area (Å²) in [6.07, 6.45) is 2.07. The second-order valence-corrected chi connectivity index (χ2v) is 3.83. The molecule has 1 unspecified atom stereocenters. The van der Waals surface area contributed by atoms with Gasteiger partial charge in [0.1, 0.15) is 0 Å². The van der Waals surface area contributed by atoms with Gasteiger partial charge >= 0.3 is 0 Å². The fraction of sp³-hybridized carbons (Fsp3) is 0.333. The molecule has 5 heteroatoms. The number of imide groups is 1. The molecule has 0 aromatic carbocycles. The van der Waals surface area contributed by atoms with Gasteiger partial charge in [0.25, 0.3) is 0 Å². The molecular weight excluding hydrogens is 372 g/mol. The van der Waals surface area contributed by atoms with Crippen LogP contribution in [0.25, 0.3) is 0 Å². The average molecular weight is 377 g/mol. The first-order valence-corrected chi connectivity index (χ1v) is 5.17. The fourth-order valence-electron chi connectivity index (χ4n) is 0.862. The molecule has 2 amide bonds. The fourth-order valence-corrected chi connectivity index (χ4v) is 1.92. The largest absolute Gasteiger partial charge is 0.274 e. The predicted molar refractivity (Wildman–Crippen MR) is 57.1 cm³/mol. The first kappa shape index (κ1) is 9.43. The van der Waals surface area contributed by atoms with Crippen LogP contribution in [-0.4, -0.2) is 14.9 Å². The maximum atomic E-state index is 11.1. The number of rotatable bonds is 1. The second kappa shape index (κ2) is 3.83. The summed E-state index contributed by atoms with van der Waals surface area (Å²) >= 11 is 3.77. The zero-order chi connectivity index (χ0) is 8.43. The standard InChI is InChI=1S/C6H5I2NO2/c7-2-1-4-3-5(10)9(8)6(4)11/h1-2,4H,3H2/b2-1+. The third-order valence-corrected chi connectivity index (χ3v) is 2.86. The van der Waals surface area contributed by atoms with Gasteiger partial charge in [-0.05, 0) is 4.08 Å². The molecule has 1 atom stereocenters. The van der Waals surface area contributed by atoms with Crippen molar-refractivity contribution in [3.8, 4) is 0 Å². The molecule has 0 radical (unpaired) electrons. The van der Waals surface area contributed by atoms with E-state index in [1.807, 2.05) is 22.6 Å². The van der Waals surface area contributed by atoms with Crippen molar-refractivity contribution in [2.75, 3.05) is 0 Å². The molecule has 0 aliphatic carbocycles. The number of nitrogens with zero attached hydrogens (tertiary/aromatic N) is 1. The third-order valence-electron chi connectivity index (χ3n) is 1.43. The van der Waals surface area contributed by atoms with Crippen LogP contribution in [0.5, 0.6) is 0 Å². The highest BCUT2D eigenvalue weighted by Gasteiger charge is 2.35. The van der Waals surface area contributed by atoms with Gasteiger partial charge < -0.3 is 0 Å². The summed E-state index contributed by atoms with van der Waals surface area (Å²) in [7, 11) is 0. The van der Waals surface area contributed by atoms with Crippen molar-refractivity contribution in [2.45, 2.75) is 6.42 Å². The van der Waals surface area contributed by atoms with Crippen LogP contribution < -0.4 is 0 Å². The predicted octanol–water partition coefficient (Wildman–Crippen LogP) is 1.66. The van der Waals surface area contributed by atoms with Gasteiger partial charge in [0.05, 0.1) is 28.8 Å². The number of carbonyl (C=O) groups excluding carboxylic acids is 2. The van der Waals surface area contributed by atoms with E-state index in [4.69, 9.17) is 0 Å². The molecule has 0 spiro atoms. The molecule has 1 saturated heterocycles. The van der Waals surface area contributed by atoms with Crippen LogP contribution in [0.3, 0.4) is 0 Å². The van der Waals surface area contributed by atoms with E-state index in [1.54, 1.807) is 33.0 Å². The molecule has 1 aliphatic heterocycles. The van der Waals surface area contributed by atoms with E-state index in [0.717, 1.165) is 3.11 Å². The third kappa shape index (κ3) is 1.92. The molecule has 1 rings (SSSR count). The number of carbonyl (C=O) groups is 2. The van der Waals surface area contributed by atoms with Crippen molar-refractivity contribution in [1.29, 1.82) is 0 Å². The summed E-state index contributed by atoms with van der Waals surface area (Å²) in [4.78, 5) is 22.1. The molecule has 0 aromatic heterocycles. The minimum atomic E-state index is -0.226. The SMILES string of the molecule is O=C1CC(/C=C/I)C(=O)N1I. The topological polar surface area (TPSA) is 37.4 Å². The minimum Gasteiger partial charge on any atom is -0.274 e. The monoisotopic (exact) mass is 377 g/mol. The Morgan fingerprint density at radius 1 is 1.55 bits per heavy atom. The molecule has 0 N–H and O–H groups in total. The Hall–Kier alpha value is 0.340. The smallest absolute Gasteiger partial charge is 0.245 e. The zero-order valence-electron chi connectivity index (χ0n) is 5.46. The normalized spacial score (nSPS) is 25.6. The van der Waals surface area contributed by atoms with Crippen LogP contribution in [0.1, 0.15) is 6.42 Å². The first-order valence-electron chi connectivity index (χ1n) is 2.96. The van der Waals surface area contributed by atoms with E-state index in [2.05, 4.69) is 0 Å². The van der Waals surface area contributed by atoms with E-state index < -0.39 is 0 Å². The van der Waals surface area contributed by atoms with Crippen LogP contribution in [0.15, 0.2) is 10.2 Å². The molecule has 0 saturated carbocycles. The van der Waals surface area contributed by atoms with E-state index >= 15 is 0 Å². The Balaban J connectivity index is 2.75. The molecule has 60 valence electrons. The molecule has 1 heterocycles. The summed E-state index contributed by atoms with van der Waals surface area (Å²) in [5, 5.41) is 0. The van der Waals surface area contributed by atoms with Crippen molar-refractivity contribution in [3.63, 3.8) is 0 Å². The summed E-state index contributed by atoms with van der Waals surface area (Å²) in [6, 6.07) is 0. The number of hydrogen-bond acceptors (Lipinski definition) is 2. The van der Waals surface area contributed by atoms with Gasteiger partial charge in [-0.3, -0.25) is 9.59 Å². The Kier molecular flexibility index (Phi) is 3.29. The van der Waals surface area contributed by atoms with Crippen LogP contribution >= 0.6 is 45.5 Å². The van der Waals surface area contributed by atoms with Crippen LogP contribution in [0.4, 0.5) is 0 Å². The molecule has 1 aliphatic rings. The second-order valence-electron chi connectivity index (χ2n) is 2.14. The van der Waals surface area contributed by atoms with E-state index in [-0.39, 0.29) is 17.7 Å². The van der Waals surface area contributed by atoms with Gasteiger partial charge in [0, 0.05) is 6.42 Å². The van der Waals surface area contributed by atoms with Crippen LogP contribution in [0, 0.1) is 5.92 Å². The number of halogens is 2. The van der Waals surface area contributed by atoms with Crippen LogP contribution in [0.2, 0.25) is 0 Å². The summed E-state index contributed by atoms with van der Waals surface area (Å²) in [5.74, 6) is -0.435. The lowest BCUT2D eigenvalue weighted by Gasteiger charge is -2.00. The molecule has 0 bridgehead atoms. The zero-order valence-corrected chi connectivity index (χ0v) is 9.77. The lowest BCUT2D eigenvalue weighted by molar-refractivity contribution is -0.131. The molecular formula is C6H5I2NO2. The number of amides is 2. The van der Waals surface area contributed by atoms with E-state index in [1.165, 1.54) is 0 Å². The summed E-state index contributed by atoms with van der Waals surface area (Å²) in [6.45, 7) is 0. The molecule has 3 nitrogen and oxygen atoms in total. The van der Waals surface area contributed by atoms with Gasteiger partial charge in [-0.25, -0.2) is 3.11 Å². The Morgan fingerprint density at radius 2 is 2.18 bits per heavy atom. The van der Waals surface area contributed by atoms with Gasteiger partial charge in [0.2, 0.25) is 11.8 Å². The quantitative estimate of drug-likeness (QED) is 0.396. The summed E-state index contributed by atoms with van der Waals surface area (Å²) in [5.41, 5.74) is 0. The van der Waals surface area contributed by atoms with Gasteiger partial charge in [-0.1, -0.05) is 28.7 Å². The first-order chi connectivity index (χ1) is 5.16. The maximum absolute atomic E-state index is 11.1. The maximum Gasteiger partial charge on any atom is 0.245 e. The van der Waals surface area contributed by atoms with E-state index in [9.17, 15) is 9.59 Å². The van der Waals surface area contributed by atoms with Gasteiger partial charge in [-0.2, -0.15) is 0 Å². The van der Waals surface area contributed by atoms with E-state index in [0.29, 0.717) is 6.42 Å². The minimum absolute atomic E-state index is 0.102. The van der Waals surface area contributed by atoms with Gasteiger partial charge in [0.15, 0.2) is 0 Å². The van der Waals surface area contributed by atoms with Crippen LogP contribution in [-0.2, 0) is 9.59 Å². The van der Waals surface area contributed by atoms with Crippen molar-refractivity contribution in [2.24, 2.45) is 5.92 Å². The average Bonchev–Trinajstić information content (AvgIpc) is 2.19. The summed E-state index contributed by atoms with van der Waals surface area (Å²) < 4.78 is 2.92. The molecule has 11 heavy (non-hydrogen) atoms.